The molecule has 4 heteroatoms. The number of hydrogen-bond donors (Lipinski definition) is 1. The maximum Gasteiger partial charge on any atom is 0.0760 e. The van der Waals surface area contributed by atoms with E-state index in [0.29, 0.717) is 0 Å². The van der Waals surface area contributed by atoms with Gasteiger partial charge in [0.05, 0.1) is 11.2 Å². The Bertz CT molecular complexity index is 272. The van der Waals surface area contributed by atoms with Crippen LogP contribution in [0.3, 0.4) is 0 Å². The van der Waals surface area contributed by atoms with Gasteiger partial charge in [-0.1, -0.05) is 0 Å². The minimum absolute atomic E-state index is 0.0127. The van der Waals surface area contributed by atoms with Gasteiger partial charge in [0.15, 0.2) is 0 Å². The first kappa shape index (κ1) is 15.6. The van der Waals surface area contributed by atoms with Crippen molar-refractivity contribution in [2.24, 2.45) is 0 Å². The molecular weight excluding hydrogens is 256 g/mol. The highest BCUT2D eigenvalue weighted by molar-refractivity contribution is 7.99. The van der Waals surface area contributed by atoms with E-state index in [1.165, 1.54) is 38.2 Å². The van der Waals surface area contributed by atoms with E-state index in [2.05, 4.69) is 49.7 Å². The van der Waals surface area contributed by atoms with Crippen LogP contribution in [0.25, 0.3) is 0 Å². The van der Waals surface area contributed by atoms with E-state index in [1.54, 1.807) is 0 Å². The number of piperidine rings is 1. The van der Waals surface area contributed by atoms with Crippen LogP contribution in [0.4, 0.5) is 0 Å². The monoisotopic (exact) mass is 286 g/mol. The summed E-state index contributed by atoms with van der Waals surface area (Å²) in [4.78, 5) is 2.58. The van der Waals surface area contributed by atoms with Crippen LogP contribution in [0.5, 0.6) is 0 Å². The van der Waals surface area contributed by atoms with Crippen molar-refractivity contribution in [2.75, 3.05) is 38.5 Å². The zero-order valence-electron chi connectivity index (χ0n) is 13.0. The van der Waals surface area contributed by atoms with Gasteiger partial charge >= 0.3 is 0 Å². The minimum Gasteiger partial charge on any atom is -0.367 e. The molecule has 1 N–H and O–H groups in total. The summed E-state index contributed by atoms with van der Waals surface area (Å²) in [7, 11) is 0. The minimum atomic E-state index is -0.0127. The summed E-state index contributed by atoms with van der Waals surface area (Å²) in [5.74, 6) is 1.26. The van der Waals surface area contributed by atoms with E-state index in [1.807, 2.05) is 0 Å². The third-order valence-corrected chi connectivity index (χ3v) is 5.17. The van der Waals surface area contributed by atoms with Crippen LogP contribution in [0.15, 0.2) is 0 Å². The van der Waals surface area contributed by atoms with Crippen molar-refractivity contribution < 1.29 is 4.74 Å². The molecule has 0 aromatic carbocycles. The molecule has 3 nitrogen and oxygen atoms in total. The fourth-order valence-corrected chi connectivity index (χ4v) is 4.68. The van der Waals surface area contributed by atoms with Gasteiger partial charge in [-0.15, -0.1) is 0 Å². The lowest BCUT2D eigenvalue weighted by Crippen LogP contribution is -2.57. The van der Waals surface area contributed by atoms with Crippen LogP contribution in [-0.2, 0) is 4.74 Å². The second-order valence-electron chi connectivity index (χ2n) is 7.15. The lowest BCUT2D eigenvalue weighted by molar-refractivity contribution is -0.179. The van der Waals surface area contributed by atoms with Crippen LogP contribution in [0.2, 0.25) is 0 Å². The van der Waals surface area contributed by atoms with Crippen LogP contribution < -0.4 is 5.32 Å². The molecular formula is C15H30N2OS. The summed E-state index contributed by atoms with van der Waals surface area (Å²) in [6.07, 6.45) is 2.68. The lowest BCUT2D eigenvalue weighted by atomic mass is 9.99. The summed E-state index contributed by atoms with van der Waals surface area (Å²) in [5.41, 5.74) is -0.0254. The average molecular weight is 286 g/mol. The van der Waals surface area contributed by atoms with Crippen molar-refractivity contribution >= 4 is 11.8 Å². The number of hydrogen-bond acceptors (Lipinski definition) is 4. The first-order chi connectivity index (χ1) is 8.86. The van der Waals surface area contributed by atoms with Gasteiger partial charge in [-0.05, 0) is 53.6 Å². The Hall–Kier alpha value is 0.230. The third kappa shape index (κ3) is 5.25. The second kappa shape index (κ2) is 6.33. The van der Waals surface area contributed by atoms with Crippen LogP contribution in [-0.4, -0.2) is 59.8 Å². The quantitative estimate of drug-likeness (QED) is 0.857. The van der Waals surface area contributed by atoms with Gasteiger partial charge in [0.25, 0.3) is 0 Å². The molecule has 0 amide bonds. The van der Waals surface area contributed by atoms with E-state index < -0.39 is 0 Å². The highest BCUT2D eigenvalue weighted by Gasteiger charge is 2.37. The van der Waals surface area contributed by atoms with Gasteiger partial charge in [0, 0.05) is 30.6 Å². The smallest absolute Gasteiger partial charge is 0.0760 e. The standard InChI is InChI=1S/C15H30N2OS/c1-14(2)11-17(12-15(3,4)18-14)9-10-19-13-5-7-16-8-6-13/h13,16H,5-12H2,1-4H3. The van der Waals surface area contributed by atoms with Crippen LogP contribution in [0.1, 0.15) is 40.5 Å². The Balaban J connectivity index is 1.72. The fraction of sp³-hybridized carbons (Fsp3) is 1.00. The Morgan fingerprint density at radius 3 is 2.26 bits per heavy atom. The first-order valence-corrected chi connectivity index (χ1v) is 8.66. The van der Waals surface area contributed by atoms with Gasteiger partial charge in [0.2, 0.25) is 0 Å². The molecule has 2 aliphatic rings. The Labute approximate surface area is 122 Å². The molecule has 0 unspecified atom stereocenters. The van der Waals surface area contributed by atoms with E-state index in [4.69, 9.17) is 4.74 Å². The van der Waals surface area contributed by atoms with Gasteiger partial charge < -0.3 is 10.1 Å². The maximum atomic E-state index is 6.13. The van der Waals surface area contributed by atoms with Crippen molar-refractivity contribution in [1.82, 2.24) is 10.2 Å². The molecule has 0 radical (unpaired) electrons. The molecule has 0 atom stereocenters. The van der Waals surface area contributed by atoms with E-state index >= 15 is 0 Å². The Kier molecular flexibility index (Phi) is 5.21. The molecule has 2 fully saturated rings. The fourth-order valence-electron chi connectivity index (χ4n) is 3.41. The molecule has 112 valence electrons. The zero-order chi connectivity index (χ0) is 13.9. The summed E-state index contributed by atoms with van der Waals surface area (Å²) < 4.78 is 6.13. The molecule has 0 aromatic rings. The van der Waals surface area contributed by atoms with E-state index in [9.17, 15) is 0 Å². The SMILES string of the molecule is CC1(C)CN(CCSC2CCNCC2)CC(C)(C)O1. The summed E-state index contributed by atoms with van der Waals surface area (Å²) in [6, 6.07) is 0. The van der Waals surface area contributed by atoms with Crippen LogP contribution >= 0.6 is 11.8 Å². The van der Waals surface area contributed by atoms with Gasteiger partial charge in [0.1, 0.15) is 0 Å². The molecule has 2 saturated heterocycles. The molecule has 0 aromatic heterocycles. The highest BCUT2D eigenvalue weighted by atomic mass is 32.2. The number of ether oxygens (including phenoxy) is 1. The van der Waals surface area contributed by atoms with Crippen molar-refractivity contribution in [3.63, 3.8) is 0 Å². The zero-order valence-corrected chi connectivity index (χ0v) is 13.8. The Morgan fingerprint density at radius 1 is 1.11 bits per heavy atom. The normalized spacial score (nSPS) is 28.4. The molecule has 0 saturated carbocycles. The van der Waals surface area contributed by atoms with E-state index in [-0.39, 0.29) is 11.2 Å². The van der Waals surface area contributed by atoms with Crippen molar-refractivity contribution in [2.45, 2.75) is 57.0 Å². The topological polar surface area (TPSA) is 24.5 Å². The summed E-state index contributed by atoms with van der Waals surface area (Å²) in [5, 5.41) is 4.31. The molecule has 2 heterocycles. The van der Waals surface area contributed by atoms with Crippen molar-refractivity contribution in [3.05, 3.63) is 0 Å². The molecule has 19 heavy (non-hydrogen) atoms. The lowest BCUT2D eigenvalue weighted by Gasteiger charge is -2.47. The largest absolute Gasteiger partial charge is 0.367 e. The number of morpholine rings is 1. The average Bonchev–Trinajstić information content (AvgIpc) is 2.26. The van der Waals surface area contributed by atoms with Crippen molar-refractivity contribution in [1.29, 1.82) is 0 Å². The summed E-state index contributed by atoms with van der Waals surface area (Å²) in [6.45, 7) is 14.6. The van der Waals surface area contributed by atoms with Crippen molar-refractivity contribution in [3.8, 4) is 0 Å². The number of thioether (sulfide) groups is 1. The Morgan fingerprint density at radius 2 is 1.68 bits per heavy atom. The second-order valence-corrected chi connectivity index (χ2v) is 8.56. The number of nitrogens with zero attached hydrogens (tertiary/aromatic N) is 1. The van der Waals surface area contributed by atoms with Gasteiger partial charge in [-0.3, -0.25) is 4.90 Å². The van der Waals surface area contributed by atoms with Gasteiger partial charge in [-0.25, -0.2) is 0 Å². The van der Waals surface area contributed by atoms with Gasteiger partial charge in [-0.2, -0.15) is 11.8 Å². The first-order valence-electron chi connectivity index (χ1n) is 7.61. The molecule has 0 aliphatic carbocycles. The molecule has 0 spiro atoms. The van der Waals surface area contributed by atoms with Crippen LogP contribution in [0, 0.1) is 0 Å². The summed E-state index contributed by atoms with van der Waals surface area (Å²) >= 11 is 2.17. The molecule has 0 bridgehead atoms. The predicted molar refractivity (Wildman–Crippen MR) is 84.0 cm³/mol. The third-order valence-electron chi connectivity index (χ3n) is 3.81. The molecule has 2 aliphatic heterocycles. The number of nitrogens with one attached hydrogen (secondary N) is 1. The number of rotatable bonds is 4. The maximum absolute atomic E-state index is 6.13. The van der Waals surface area contributed by atoms with E-state index in [0.717, 1.165) is 18.3 Å². The predicted octanol–water partition coefficient (Wildman–Crippen LogP) is 2.36. The highest BCUT2D eigenvalue weighted by Crippen LogP contribution is 2.28. The molecule has 2 rings (SSSR count).